The lowest BCUT2D eigenvalue weighted by Gasteiger charge is -2.05. The van der Waals surface area contributed by atoms with Crippen molar-refractivity contribution in [2.45, 2.75) is 6.54 Å². The van der Waals surface area contributed by atoms with Crippen LogP contribution in [0.1, 0.15) is 5.56 Å². The van der Waals surface area contributed by atoms with E-state index in [0.29, 0.717) is 22.5 Å². The maximum absolute atomic E-state index is 5.97. The minimum Gasteiger partial charge on any atom is -0.311 e. The van der Waals surface area contributed by atoms with Crippen LogP contribution in [0.15, 0.2) is 18.2 Å². The molecule has 0 fully saturated rings. The Labute approximate surface area is 105 Å². The Hall–Kier alpha value is 0.340. The molecule has 0 heterocycles. The molecule has 5 heteroatoms. The molecule has 0 radical (unpaired) electrons. The van der Waals surface area contributed by atoms with Crippen LogP contribution in [-0.2, 0) is 6.54 Å². The normalized spacial score (nSPS) is 9.64. The van der Waals surface area contributed by atoms with Gasteiger partial charge >= 0.3 is 0 Å². The Kier molecular flexibility index (Phi) is 7.79. The van der Waals surface area contributed by atoms with Gasteiger partial charge in [0, 0.05) is 19.0 Å². The molecule has 1 N–H and O–H groups in total. The molecule has 0 amide bonds. The molecule has 0 aromatic heterocycles. The van der Waals surface area contributed by atoms with Crippen LogP contribution in [0.4, 0.5) is 0 Å². The predicted octanol–water partition coefficient (Wildman–Crippen LogP) is 3.74. The molecular formula is C9H11Cl4N. The first-order valence-corrected chi connectivity index (χ1v) is 5.24. The van der Waals surface area contributed by atoms with Gasteiger partial charge in [0.05, 0.1) is 10.0 Å². The van der Waals surface area contributed by atoms with Crippen LogP contribution in [0.2, 0.25) is 10.0 Å². The van der Waals surface area contributed by atoms with Gasteiger partial charge in [0.25, 0.3) is 0 Å². The zero-order chi connectivity index (χ0) is 9.68. The van der Waals surface area contributed by atoms with Gasteiger partial charge in [-0.05, 0) is 11.6 Å². The average Bonchev–Trinajstić information content (AvgIpc) is 2.13. The summed E-state index contributed by atoms with van der Waals surface area (Å²) in [5.41, 5.74) is 0.999. The molecule has 80 valence electrons. The standard InChI is InChI=1S/C9H10Cl3N.ClH/c10-4-5-13-6-7-2-1-3-8(11)9(7)12;/h1-3,13H,4-6H2;1H. The molecule has 14 heavy (non-hydrogen) atoms. The number of nitrogens with one attached hydrogen (secondary N) is 1. The monoisotopic (exact) mass is 273 g/mol. The Bertz CT molecular complexity index is 278. The molecule has 0 aliphatic rings. The number of alkyl halides is 1. The lowest BCUT2D eigenvalue weighted by atomic mass is 10.2. The highest BCUT2D eigenvalue weighted by Crippen LogP contribution is 2.25. The zero-order valence-corrected chi connectivity index (χ0v) is 10.5. The van der Waals surface area contributed by atoms with Crippen molar-refractivity contribution in [1.82, 2.24) is 5.32 Å². The summed E-state index contributed by atoms with van der Waals surface area (Å²) in [4.78, 5) is 0. The van der Waals surface area contributed by atoms with E-state index in [-0.39, 0.29) is 12.4 Å². The minimum absolute atomic E-state index is 0. The second-order valence-electron chi connectivity index (χ2n) is 2.58. The third-order valence-corrected chi connectivity index (χ3v) is 2.67. The van der Waals surface area contributed by atoms with Crippen molar-refractivity contribution in [3.8, 4) is 0 Å². The highest BCUT2D eigenvalue weighted by atomic mass is 35.5. The van der Waals surface area contributed by atoms with Gasteiger partial charge in [-0.2, -0.15) is 0 Å². The summed E-state index contributed by atoms with van der Waals surface area (Å²) in [5, 5.41) is 4.35. The number of benzene rings is 1. The molecule has 0 bridgehead atoms. The smallest absolute Gasteiger partial charge is 0.0637 e. The van der Waals surface area contributed by atoms with Crippen molar-refractivity contribution in [2.75, 3.05) is 12.4 Å². The van der Waals surface area contributed by atoms with Crippen molar-refractivity contribution in [3.63, 3.8) is 0 Å². The fraction of sp³-hybridized carbons (Fsp3) is 0.333. The fourth-order valence-electron chi connectivity index (χ4n) is 0.975. The molecular weight excluding hydrogens is 264 g/mol. The van der Waals surface area contributed by atoms with Crippen LogP contribution in [0, 0.1) is 0 Å². The summed E-state index contributed by atoms with van der Waals surface area (Å²) in [5.74, 6) is 0.595. The van der Waals surface area contributed by atoms with Gasteiger partial charge in [0.2, 0.25) is 0 Å². The number of halogens is 4. The van der Waals surface area contributed by atoms with Gasteiger partial charge in [0.15, 0.2) is 0 Å². The highest BCUT2D eigenvalue weighted by molar-refractivity contribution is 6.42. The van der Waals surface area contributed by atoms with Crippen LogP contribution in [0.3, 0.4) is 0 Å². The van der Waals surface area contributed by atoms with Crippen LogP contribution >= 0.6 is 47.2 Å². The number of hydrogen-bond acceptors (Lipinski definition) is 1. The van der Waals surface area contributed by atoms with Crippen molar-refractivity contribution < 1.29 is 0 Å². The molecule has 1 rings (SSSR count). The Morgan fingerprint density at radius 3 is 2.57 bits per heavy atom. The fourth-order valence-corrected chi connectivity index (χ4v) is 1.50. The summed E-state index contributed by atoms with van der Waals surface area (Å²) in [6, 6.07) is 5.59. The summed E-state index contributed by atoms with van der Waals surface area (Å²) in [6.45, 7) is 1.47. The molecule has 0 spiro atoms. The molecule has 0 unspecified atom stereocenters. The maximum atomic E-state index is 5.97. The zero-order valence-electron chi connectivity index (χ0n) is 7.40. The lowest BCUT2D eigenvalue weighted by molar-refractivity contribution is 0.730. The Balaban J connectivity index is 0.00000169. The van der Waals surface area contributed by atoms with E-state index in [0.717, 1.165) is 12.1 Å². The van der Waals surface area contributed by atoms with Gasteiger partial charge in [0.1, 0.15) is 0 Å². The van der Waals surface area contributed by atoms with Gasteiger partial charge in [-0.1, -0.05) is 35.3 Å². The summed E-state index contributed by atoms with van der Waals surface area (Å²) in [6.07, 6.45) is 0. The largest absolute Gasteiger partial charge is 0.311 e. The van der Waals surface area contributed by atoms with Gasteiger partial charge in [-0.3, -0.25) is 0 Å². The van der Waals surface area contributed by atoms with E-state index < -0.39 is 0 Å². The summed E-state index contributed by atoms with van der Waals surface area (Å²) >= 11 is 17.3. The topological polar surface area (TPSA) is 12.0 Å². The predicted molar refractivity (Wildman–Crippen MR) is 66.1 cm³/mol. The molecule has 1 aromatic carbocycles. The maximum Gasteiger partial charge on any atom is 0.0637 e. The first-order chi connectivity index (χ1) is 6.25. The molecule has 0 atom stereocenters. The minimum atomic E-state index is 0. The van der Waals surface area contributed by atoms with E-state index in [9.17, 15) is 0 Å². The van der Waals surface area contributed by atoms with Crippen LogP contribution in [0.5, 0.6) is 0 Å². The molecule has 1 nitrogen and oxygen atoms in total. The van der Waals surface area contributed by atoms with Crippen LogP contribution < -0.4 is 5.32 Å². The first kappa shape index (κ1) is 14.3. The summed E-state index contributed by atoms with van der Waals surface area (Å²) in [7, 11) is 0. The molecule has 0 saturated carbocycles. The van der Waals surface area contributed by atoms with E-state index in [4.69, 9.17) is 34.8 Å². The molecule has 1 aromatic rings. The second kappa shape index (κ2) is 7.61. The van der Waals surface area contributed by atoms with E-state index >= 15 is 0 Å². The average molecular weight is 275 g/mol. The van der Waals surface area contributed by atoms with Crippen LogP contribution in [0.25, 0.3) is 0 Å². The van der Waals surface area contributed by atoms with Crippen molar-refractivity contribution in [2.24, 2.45) is 0 Å². The first-order valence-electron chi connectivity index (χ1n) is 3.95. The Morgan fingerprint density at radius 1 is 1.21 bits per heavy atom. The van der Waals surface area contributed by atoms with E-state index in [1.165, 1.54) is 0 Å². The van der Waals surface area contributed by atoms with Crippen molar-refractivity contribution in [3.05, 3.63) is 33.8 Å². The second-order valence-corrected chi connectivity index (χ2v) is 3.74. The van der Waals surface area contributed by atoms with Crippen molar-refractivity contribution >= 4 is 47.2 Å². The van der Waals surface area contributed by atoms with Crippen molar-refractivity contribution in [1.29, 1.82) is 0 Å². The SMILES string of the molecule is Cl.ClCCNCc1cccc(Cl)c1Cl. The van der Waals surface area contributed by atoms with E-state index in [1.54, 1.807) is 6.07 Å². The molecule has 0 aliphatic carbocycles. The summed E-state index contributed by atoms with van der Waals surface area (Å²) < 4.78 is 0. The van der Waals surface area contributed by atoms with Gasteiger partial charge in [-0.25, -0.2) is 0 Å². The lowest BCUT2D eigenvalue weighted by Crippen LogP contribution is -2.15. The van der Waals surface area contributed by atoms with Gasteiger partial charge < -0.3 is 5.32 Å². The number of hydrogen-bond donors (Lipinski definition) is 1. The van der Waals surface area contributed by atoms with Gasteiger partial charge in [-0.15, -0.1) is 24.0 Å². The van der Waals surface area contributed by atoms with E-state index in [2.05, 4.69) is 5.32 Å². The Morgan fingerprint density at radius 2 is 1.93 bits per heavy atom. The molecule has 0 saturated heterocycles. The third kappa shape index (κ3) is 4.24. The third-order valence-electron chi connectivity index (χ3n) is 1.62. The highest BCUT2D eigenvalue weighted by Gasteiger charge is 2.02. The quantitative estimate of drug-likeness (QED) is 0.652. The van der Waals surface area contributed by atoms with E-state index in [1.807, 2.05) is 12.1 Å². The number of rotatable bonds is 4. The molecule has 0 aliphatic heterocycles. The van der Waals surface area contributed by atoms with Crippen LogP contribution in [-0.4, -0.2) is 12.4 Å².